The summed E-state index contributed by atoms with van der Waals surface area (Å²) in [6.07, 6.45) is 2.48. The summed E-state index contributed by atoms with van der Waals surface area (Å²) in [5.41, 5.74) is 2.59. The summed E-state index contributed by atoms with van der Waals surface area (Å²) in [7, 11) is 3.97. The van der Waals surface area contributed by atoms with Gasteiger partial charge in [-0.05, 0) is 46.0 Å². The van der Waals surface area contributed by atoms with E-state index in [1.54, 1.807) is 7.11 Å². The molecule has 19 heavy (non-hydrogen) atoms. The zero-order valence-electron chi connectivity index (χ0n) is 12.1. The normalized spacial score (nSPS) is 16.2. The second-order valence-corrected chi connectivity index (χ2v) is 5.21. The van der Waals surface area contributed by atoms with Crippen molar-refractivity contribution in [1.29, 1.82) is 0 Å². The predicted molar refractivity (Wildman–Crippen MR) is 82.3 cm³/mol. The van der Waals surface area contributed by atoms with E-state index in [0.717, 1.165) is 25.4 Å². The van der Waals surface area contributed by atoms with E-state index in [9.17, 15) is 0 Å². The SMILES string of the molecule is COc1ccc(C)cc1CN(C)C1CCNCC1.Cl. The molecule has 0 spiro atoms. The van der Waals surface area contributed by atoms with Gasteiger partial charge in [-0.2, -0.15) is 0 Å². The van der Waals surface area contributed by atoms with Gasteiger partial charge in [0.25, 0.3) is 0 Å². The minimum Gasteiger partial charge on any atom is -0.496 e. The first-order chi connectivity index (χ1) is 8.70. The Morgan fingerprint density at radius 3 is 2.63 bits per heavy atom. The lowest BCUT2D eigenvalue weighted by molar-refractivity contribution is 0.190. The minimum absolute atomic E-state index is 0. The molecule has 4 heteroatoms. The average Bonchev–Trinajstić information content (AvgIpc) is 2.40. The lowest BCUT2D eigenvalue weighted by Gasteiger charge is -2.32. The van der Waals surface area contributed by atoms with Gasteiger partial charge in [0.2, 0.25) is 0 Å². The molecule has 3 nitrogen and oxygen atoms in total. The van der Waals surface area contributed by atoms with Gasteiger partial charge in [0, 0.05) is 18.2 Å². The van der Waals surface area contributed by atoms with Gasteiger partial charge in [0.1, 0.15) is 5.75 Å². The van der Waals surface area contributed by atoms with Crippen molar-refractivity contribution in [2.24, 2.45) is 0 Å². The molecule has 1 aliphatic rings. The number of benzene rings is 1. The summed E-state index contributed by atoms with van der Waals surface area (Å²) < 4.78 is 5.45. The second kappa shape index (κ2) is 7.73. The third kappa shape index (κ3) is 4.37. The Hall–Kier alpha value is -0.770. The summed E-state index contributed by atoms with van der Waals surface area (Å²) in [5.74, 6) is 1.00. The van der Waals surface area contributed by atoms with Crippen LogP contribution < -0.4 is 10.1 Å². The van der Waals surface area contributed by atoms with Crippen molar-refractivity contribution in [2.75, 3.05) is 27.2 Å². The predicted octanol–water partition coefficient (Wildman–Crippen LogP) is 2.61. The fourth-order valence-corrected chi connectivity index (χ4v) is 2.68. The fourth-order valence-electron chi connectivity index (χ4n) is 2.68. The van der Waals surface area contributed by atoms with E-state index in [1.807, 2.05) is 0 Å². The molecule has 0 radical (unpaired) electrons. The van der Waals surface area contributed by atoms with Gasteiger partial charge >= 0.3 is 0 Å². The summed E-state index contributed by atoms with van der Waals surface area (Å²) in [6, 6.07) is 7.10. The van der Waals surface area contributed by atoms with E-state index in [4.69, 9.17) is 4.74 Å². The van der Waals surface area contributed by atoms with Crippen molar-refractivity contribution in [2.45, 2.75) is 32.4 Å². The van der Waals surface area contributed by atoms with Crippen molar-refractivity contribution in [3.63, 3.8) is 0 Å². The van der Waals surface area contributed by atoms with Crippen LogP contribution in [0.25, 0.3) is 0 Å². The van der Waals surface area contributed by atoms with Crippen molar-refractivity contribution < 1.29 is 4.74 Å². The number of hydrogen-bond donors (Lipinski definition) is 1. The van der Waals surface area contributed by atoms with Crippen LogP contribution in [0.3, 0.4) is 0 Å². The van der Waals surface area contributed by atoms with Crippen LogP contribution >= 0.6 is 12.4 Å². The number of methoxy groups -OCH3 is 1. The molecule has 0 amide bonds. The quantitative estimate of drug-likeness (QED) is 0.920. The maximum Gasteiger partial charge on any atom is 0.123 e. The highest BCUT2D eigenvalue weighted by molar-refractivity contribution is 5.85. The van der Waals surface area contributed by atoms with Crippen LogP contribution in [-0.4, -0.2) is 38.2 Å². The van der Waals surface area contributed by atoms with E-state index in [0.29, 0.717) is 6.04 Å². The van der Waals surface area contributed by atoms with Crippen LogP contribution in [0.5, 0.6) is 5.75 Å². The molecule has 2 rings (SSSR count). The van der Waals surface area contributed by atoms with Crippen LogP contribution in [0.1, 0.15) is 24.0 Å². The highest BCUT2D eigenvalue weighted by Gasteiger charge is 2.18. The molecule has 0 aliphatic carbocycles. The maximum atomic E-state index is 5.45. The molecule has 0 saturated carbocycles. The molecule has 0 unspecified atom stereocenters. The van der Waals surface area contributed by atoms with E-state index >= 15 is 0 Å². The van der Waals surface area contributed by atoms with E-state index < -0.39 is 0 Å². The third-order valence-corrected chi connectivity index (χ3v) is 3.79. The van der Waals surface area contributed by atoms with E-state index in [-0.39, 0.29) is 12.4 Å². The first kappa shape index (κ1) is 16.3. The maximum absolute atomic E-state index is 5.45. The highest BCUT2D eigenvalue weighted by Crippen LogP contribution is 2.23. The van der Waals surface area contributed by atoms with Gasteiger partial charge in [-0.3, -0.25) is 4.90 Å². The smallest absolute Gasteiger partial charge is 0.123 e. The molecule has 0 atom stereocenters. The number of hydrogen-bond acceptors (Lipinski definition) is 3. The van der Waals surface area contributed by atoms with Gasteiger partial charge in [-0.15, -0.1) is 12.4 Å². The second-order valence-electron chi connectivity index (χ2n) is 5.21. The Bertz CT molecular complexity index is 392. The number of piperidine rings is 1. The molecule has 0 aromatic heterocycles. The van der Waals surface area contributed by atoms with Gasteiger partial charge in [-0.1, -0.05) is 17.7 Å². The molecule has 1 N–H and O–H groups in total. The minimum atomic E-state index is 0. The molecule has 1 saturated heterocycles. The van der Waals surface area contributed by atoms with Crippen LogP contribution in [0, 0.1) is 6.92 Å². The van der Waals surface area contributed by atoms with Gasteiger partial charge in [-0.25, -0.2) is 0 Å². The Labute approximate surface area is 122 Å². The fraction of sp³-hybridized carbons (Fsp3) is 0.600. The van der Waals surface area contributed by atoms with E-state index in [2.05, 4.69) is 42.4 Å². The summed E-state index contributed by atoms with van der Waals surface area (Å²) in [5, 5.41) is 3.41. The van der Waals surface area contributed by atoms with Gasteiger partial charge < -0.3 is 10.1 Å². The molecular weight excluding hydrogens is 260 g/mol. The zero-order chi connectivity index (χ0) is 13.0. The van der Waals surface area contributed by atoms with Crippen molar-refractivity contribution in [3.8, 4) is 5.75 Å². The summed E-state index contributed by atoms with van der Waals surface area (Å²) in [4.78, 5) is 2.46. The summed E-state index contributed by atoms with van der Waals surface area (Å²) in [6.45, 7) is 5.38. The van der Waals surface area contributed by atoms with Crippen molar-refractivity contribution in [1.82, 2.24) is 10.2 Å². The third-order valence-electron chi connectivity index (χ3n) is 3.79. The number of ether oxygens (including phenoxy) is 1. The molecule has 1 aromatic rings. The lowest BCUT2D eigenvalue weighted by atomic mass is 10.0. The first-order valence-electron chi connectivity index (χ1n) is 6.75. The largest absolute Gasteiger partial charge is 0.496 e. The number of rotatable bonds is 4. The molecule has 1 aromatic carbocycles. The summed E-state index contributed by atoms with van der Waals surface area (Å²) >= 11 is 0. The number of halogens is 1. The number of nitrogens with zero attached hydrogens (tertiary/aromatic N) is 1. The zero-order valence-corrected chi connectivity index (χ0v) is 12.9. The number of aryl methyl sites for hydroxylation is 1. The topological polar surface area (TPSA) is 24.5 Å². The number of nitrogens with one attached hydrogen (secondary N) is 1. The molecule has 1 heterocycles. The average molecular weight is 285 g/mol. The van der Waals surface area contributed by atoms with Crippen LogP contribution in [0.15, 0.2) is 18.2 Å². The molecule has 1 aliphatic heterocycles. The monoisotopic (exact) mass is 284 g/mol. The van der Waals surface area contributed by atoms with Crippen LogP contribution in [0.4, 0.5) is 0 Å². The molecule has 108 valence electrons. The Morgan fingerprint density at radius 1 is 1.32 bits per heavy atom. The van der Waals surface area contributed by atoms with Gasteiger partial charge in [0.05, 0.1) is 7.11 Å². The Kier molecular flexibility index (Phi) is 6.63. The lowest BCUT2D eigenvalue weighted by Crippen LogP contribution is -2.40. The standard InChI is InChI=1S/C15H24N2O.ClH/c1-12-4-5-15(18-3)13(10-12)11-17(2)14-6-8-16-9-7-14;/h4-5,10,14,16H,6-9,11H2,1-3H3;1H. The molecule has 1 fully saturated rings. The first-order valence-corrected chi connectivity index (χ1v) is 6.75. The highest BCUT2D eigenvalue weighted by atomic mass is 35.5. The Morgan fingerprint density at radius 2 is 2.00 bits per heavy atom. The molecular formula is C15H25ClN2O. The Balaban J connectivity index is 0.00000180. The van der Waals surface area contributed by atoms with Crippen molar-refractivity contribution >= 4 is 12.4 Å². The van der Waals surface area contributed by atoms with Crippen molar-refractivity contribution in [3.05, 3.63) is 29.3 Å². The van der Waals surface area contributed by atoms with Crippen LogP contribution in [0.2, 0.25) is 0 Å². The molecule has 0 bridgehead atoms. The van der Waals surface area contributed by atoms with E-state index in [1.165, 1.54) is 24.0 Å². The van der Waals surface area contributed by atoms with Gasteiger partial charge in [0.15, 0.2) is 0 Å². The van der Waals surface area contributed by atoms with Crippen LogP contribution in [-0.2, 0) is 6.54 Å².